The standard InChI is InChI=1S/C15H13BrO2S/c1-2-10-3-6-12(7-4-10)19-14-8-5-11(16)9-13(14)15(17)18/h3-9H,2H2,1H3,(H,17,18). The van der Waals surface area contributed by atoms with Gasteiger partial charge in [0.15, 0.2) is 0 Å². The molecule has 2 aromatic carbocycles. The van der Waals surface area contributed by atoms with Crippen LogP contribution in [0.25, 0.3) is 0 Å². The number of hydrogen-bond acceptors (Lipinski definition) is 2. The van der Waals surface area contributed by atoms with Crippen molar-refractivity contribution < 1.29 is 9.90 Å². The van der Waals surface area contributed by atoms with Crippen molar-refractivity contribution in [3.05, 3.63) is 58.1 Å². The minimum Gasteiger partial charge on any atom is -0.478 e. The predicted octanol–water partition coefficient (Wildman–Crippen LogP) is 4.86. The summed E-state index contributed by atoms with van der Waals surface area (Å²) in [6, 6.07) is 13.5. The lowest BCUT2D eigenvalue weighted by molar-refractivity contribution is 0.0693. The molecule has 0 saturated carbocycles. The Morgan fingerprint density at radius 3 is 2.47 bits per heavy atom. The summed E-state index contributed by atoms with van der Waals surface area (Å²) < 4.78 is 0.774. The first-order valence-corrected chi connectivity index (χ1v) is 7.50. The third-order valence-electron chi connectivity index (χ3n) is 2.73. The summed E-state index contributed by atoms with van der Waals surface area (Å²) in [5.74, 6) is -0.908. The second kappa shape index (κ2) is 6.26. The molecule has 98 valence electrons. The Morgan fingerprint density at radius 1 is 1.21 bits per heavy atom. The number of aromatic carboxylic acids is 1. The van der Waals surface area contributed by atoms with Crippen LogP contribution in [0.4, 0.5) is 0 Å². The zero-order chi connectivity index (χ0) is 13.8. The number of carboxylic acids is 1. The number of benzene rings is 2. The van der Waals surface area contributed by atoms with E-state index in [4.69, 9.17) is 0 Å². The van der Waals surface area contributed by atoms with E-state index < -0.39 is 5.97 Å². The normalized spacial score (nSPS) is 10.4. The Morgan fingerprint density at radius 2 is 1.89 bits per heavy atom. The molecular formula is C15H13BrO2S. The van der Waals surface area contributed by atoms with Crippen molar-refractivity contribution in [2.24, 2.45) is 0 Å². The van der Waals surface area contributed by atoms with Crippen molar-refractivity contribution in [2.75, 3.05) is 0 Å². The van der Waals surface area contributed by atoms with E-state index in [0.29, 0.717) is 5.56 Å². The first-order chi connectivity index (χ1) is 9.10. The lowest BCUT2D eigenvalue weighted by Crippen LogP contribution is -1.98. The molecule has 0 aliphatic heterocycles. The van der Waals surface area contributed by atoms with Gasteiger partial charge in [-0.05, 0) is 42.3 Å². The summed E-state index contributed by atoms with van der Waals surface area (Å²) in [6.07, 6.45) is 1.00. The van der Waals surface area contributed by atoms with Gasteiger partial charge < -0.3 is 5.11 Å². The van der Waals surface area contributed by atoms with Crippen molar-refractivity contribution in [1.82, 2.24) is 0 Å². The maximum Gasteiger partial charge on any atom is 0.336 e. The maximum atomic E-state index is 11.2. The van der Waals surface area contributed by atoms with E-state index in [1.54, 1.807) is 6.07 Å². The van der Waals surface area contributed by atoms with Crippen molar-refractivity contribution in [3.8, 4) is 0 Å². The van der Waals surface area contributed by atoms with Gasteiger partial charge >= 0.3 is 5.97 Å². The average molecular weight is 337 g/mol. The molecule has 1 N–H and O–H groups in total. The number of hydrogen-bond donors (Lipinski definition) is 1. The van der Waals surface area contributed by atoms with Crippen LogP contribution in [0.5, 0.6) is 0 Å². The molecule has 0 aromatic heterocycles. The fourth-order valence-corrected chi connectivity index (χ4v) is 2.96. The van der Waals surface area contributed by atoms with Gasteiger partial charge in [-0.2, -0.15) is 0 Å². The zero-order valence-corrected chi connectivity index (χ0v) is 12.8. The SMILES string of the molecule is CCc1ccc(Sc2ccc(Br)cc2C(=O)O)cc1. The van der Waals surface area contributed by atoms with Gasteiger partial charge in [0.1, 0.15) is 0 Å². The van der Waals surface area contributed by atoms with E-state index in [2.05, 4.69) is 35.0 Å². The second-order valence-electron chi connectivity index (χ2n) is 4.05. The molecule has 0 saturated heterocycles. The van der Waals surface area contributed by atoms with Crippen LogP contribution in [0.3, 0.4) is 0 Å². The summed E-state index contributed by atoms with van der Waals surface area (Å²) in [5.41, 5.74) is 1.59. The largest absolute Gasteiger partial charge is 0.478 e. The molecule has 0 amide bonds. The summed E-state index contributed by atoms with van der Waals surface area (Å²) in [6.45, 7) is 2.11. The van der Waals surface area contributed by atoms with E-state index in [9.17, 15) is 9.90 Å². The molecule has 0 aliphatic rings. The average Bonchev–Trinajstić information content (AvgIpc) is 2.41. The number of rotatable bonds is 4. The number of halogens is 1. The number of carbonyl (C=O) groups is 1. The molecule has 0 fully saturated rings. The van der Waals surface area contributed by atoms with Crippen LogP contribution in [-0.4, -0.2) is 11.1 Å². The Labute approximate surface area is 125 Å². The number of carboxylic acid groups (broad SMARTS) is 1. The van der Waals surface area contributed by atoms with E-state index in [0.717, 1.165) is 20.7 Å². The summed E-state index contributed by atoms with van der Waals surface area (Å²) in [5, 5.41) is 9.22. The molecule has 0 unspecified atom stereocenters. The van der Waals surface area contributed by atoms with Crippen LogP contribution in [0.2, 0.25) is 0 Å². The molecule has 2 nitrogen and oxygen atoms in total. The minimum atomic E-state index is -0.908. The molecule has 2 rings (SSSR count). The highest BCUT2D eigenvalue weighted by atomic mass is 79.9. The second-order valence-corrected chi connectivity index (χ2v) is 6.08. The van der Waals surface area contributed by atoms with Gasteiger partial charge in [0, 0.05) is 14.3 Å². The molecule has 2 aromatic rings. The fraction of sp³-hybridized carbons (Fsp3) is 0.133. The molecule has 0 bridgehead atoms. The van der Waals surface area contributed by atoms with E-state index in [-0.39, 0.29) is 0 Å². The zero-order valence-electron chi connectivity index (χ0n) is 10.4. The van der Waals surface area contributed by atoms with E-state index in [1.165, 1.54) is 17.3 Å². The third-order valence-corrected chi connectivity index (χ3v) is 4.31. The Bertz CT molecular complexity index is 594. The highest BCUT2D eigenvalue weighted by Crippen LogP contribution is 2.32. The first-order valence-electron chi connectivity index (χ1n) is 5.90. The highest BCUT2D eigenvalue weighted by molar-refractivity contribution is 9.10. The van der Waals surface area contributed by atoms with Crippen LogP contribution < -0.4 is 0 Å². The molecule has 0 heterocycles. The van der Waals surface area contributed by atoms with Gasteiger partial charge in [0.2, 0.25) is 0 Å². The van der Waals surface area contributed by atoms with Crippen LogP contribution in [0.1, 0.15) is 22.8 Å². The predicted molar refractivity (Wildman–Crippen MR) is 81.0 cm³/mol. The van der Waals surface area contributed by atoms with Crippen molar-refractivity contribution in [2.45, 2.75) is 23.1 Å². The molecule has 19 heavy (non-hydrogen) atoms. The molecular weight excluding hydrogens is 324 g/mol. The first kappa shape index (κ1) is 14.2. The van der Waals surface area contributed by atoms with Crippen molar-refractivity contribution in [3.63, 3.8) is 0 Å². The highest BCUT2D eigenvalue weighted by Gasteiger charge is 2.11. The van der Waals surface area contributed by atoms with Gasteiger partial charge in [0.05, 0.1) is 5.56 Å². The monoisotopic (exact) mass is 336 g/mol. The third kappa shape index (κ3) is 3.61. The van der Waals surface area contributed by atoms with Gasteiger partial charge in [-0.15, -0.1) is 0 Å². The molecule has 0 atom stereocenters. The smallest absolute Gasteiger partial charge is 0.336 e. The maximum absolute atomic E-state index is 11.2. The van der Waals surface area contributed by atoms with Crippen LogP contribution in [-0.2, 0) is 6.42 Å². The topological polar surface area (TPSA) is 37.3 Å². The summed E-state index contributed by atoms with van der Waals surface area (Å²) in [4.78, 5) is 13.0. The van der Waals surface area contributed by atoms with Crippen molar-refractivity contribution >= 4 is 33.7 Å². The lowest BCUT2D eigenvalue weighted by atomic mass is 10.2. The molecule has 0 aliphatic carbocycles. The Balaban J connectivity index is 2.29. The van der Waals surface area contributed by atoms with Gasteiger partial charge in [-0.3, -0.25) is 0 Å². The van der Waals surface area contributed by atoms with Crippen LogP contribution in [0.15, 0.2) is 56.7 Å². The summed E-state index contributed by atoms with van der Waals surface area (Å²) in [7, 11) is 0. The Kier molecular flexibility index (Phi) is 4.66. The van der Waals surface area contributed by atoms with Gasteiger partial charge in [-0.1, -0.05) is 46.7 Å². The molecule has 0 radical (unpaired) electrons. The van der Waals surface area contributed by atoms with Crippen molar-refractivity contribution in [1.29, 1.82) is 0 Å². The molecule has 0 spiro atoms. The lowest BCUT2D eigenvalue weighted by Gasteiger charge is -2.07. The minimum absolute atomic E-state index is 0.318. The molecule has 4 heteroatoms. The van der Waals surface area contributed by atoms with E-state index in [1.807, 2.05) is 24.3 Å². The van der Waals surface area contributed by atoms with Crippen LogP contribution in [0, 0.1) is 0 Å². The van der Waals surface area contributed by atoms with Gasteiger partial charge in [-0.25, -0.2) is 4.79 Å². The van der Waals surface area contributed by atoms with Crippen LogP contribution >= 0.6 is 27.7 Å². The fourth-order valence-electron chi connectivity index (χ4n) is 1.68. The van der Waals surface area contributed by atoms with E-state index >= 15 is 0 Å². The quantitative estimate of drug-likeness (QED) is 0.866. The number of aryl methyl sites for hydroxylation is 1. The van der Waals surface area contributed by atoms with Gasteiger partial charge in [0.25, 0.3) is 0 Å². The summed E-state index contributed by atoms with van der Waals surface area (Å²) >= 11 is 4.77. The Hall–Kier alpha value is -1.26.